The van der Waals surface area contributed by atoms with Gasteiger partial charge in [-0.1, -0.05) is 0 Å². The molecule has 0 unspecified atom stereocenters. The second kappa shape index (κ2) is 11.8. The molecular weight excluding hydrogens is 417 g/mol. The maximum Gasteiger partial charge on any atom is 0.256 e. The molecule has 7 nitrogen and oxygen atoms in total. The molecule has 0 bridgehead atoms. The Morgan fingerprint density at radius 3 is 2.41 bits per heavy atom. The molecule has 0 aliphatic carbocycles. The van der Waals surface area contributed by atoms with Crippen molar-refractivity contribution < 1.29 is 19.0 Å². The molecule has 1 aliphatic heterocycles. The van der Waals surface area contributed by atoms with Gasteiger partial charge >= 0.3 is 0 Å². The highest BCUT2D eigenvalue weighted by molar-refractivity contribution is 5.97. The molecular formula is C20H27Cl2N3O4. The number of benzene rings is 1. The summed E-state index contributed by atoms with van der Waals surface area (Å²) in [6.07, 6.45) is 4.71. The Kier molecular flexibility index (Phi) is 10.2. The van der Waals surface area contributed by atoms with Crippen LogP contribution in [0.15, 0.2) is 42.7 Å². The molecule has 160 valence electrons. The molecule has 1 amide bonds. The van der Waals surface area contributed by atoms with Crippen LogP contribution in [-0.4, -0.2) is 43.8 Å². The third-order valence-electron chi connectivity index (χ3n) is 4.78. The van der Waals surface area contributed by atoms with Crippen LogP contribution < -0.4 is 20.1 Å². The molecule has 2 N–H and O–H groups in total. The van der Waals surface area contributed by atoms with E-state index in [0.29, 0.717) is 36.6 Å². The van der Waals surface area contributed by atoms with Crippen molar-refractivity contribution in [1.82, 2.24) is 10.3 Å². The smallest absolute Gasteiger partial charge is 0.256 e. The van der Waals surface area contributed by atoms with Crippen molar-refractivity contribution in [2.45, 2.75) is 25.0 Å². The van der Waals surface area contributed by atoms with Gasteiger partial charge in [0.25, 0.3) is 5.91 Å². The topological polar surface area (TPSA) is 81.7 Å². The van der Waals surface area contributed by atoms with Crippen molar-refractivity contribution in [1.29, 1.82) is 0 Å². The first-order valence-electron chi connectivity index (χ1n) is 8.94. The minimum absolute atomic E-state index is 0. The number of piperidine rings is 1. The second-order valence-corrected chi connectivity index (χ2v) is 6.41. The summed E-state index contributed by atoms with van der Waals surface area (Å²) in [7, 11) is 3.17. The van der Waals surface area contributed by atoms with Gasteiger partial charge in [-0.15, -0.1) is 24.8 Å². The van der Waals surface area contributed by atoms with E-state index in [-0.39, 0.29) is 30.7 Å². The van der Waals surface area contributed by atoms with Crippen LogP contribution in [0.5, 0.6) is 11.5 Å². The summed E-state index contributed by atoms with van der Waals surface area (Å²) < 4.78 is 16.8. The van der Waals surface area contributed by atoms with E-state index < -0.39 is 5.60 Å². The van der Waals surface area contributed by atoms with Crippen molar-refractivity contribution in [3.05, 3.63) is 48.3 Å². The highest BCUT2D eigenvalue weighted by Gasteiger charge is 2.39. The normalized spacial score (nSPS) is 14.7. The quantitative estimate of drug-likeness (QED) is 0.683. The summed E-state index contributed by atoms with van der Waals surface area (Å²) in [6.45, 7) is 1.89. The van der Waals surface area contributed by atoms with Gasteiger partial charge < -0.3 is 24.8 Å². The van der Waals surface area contributed by atoms with E-state index in [4.69, 9.17) is 14.2 Å². The maximum atomic E-state index is 12.8. The second-order valence-electron chi connectivity index (χ2n) is 6.41. The zero-order chi connectivity index (χ0) is 19.1. The van der Waals surface area contributed by atoms with E-state index in [0.717, 1.165) is 18.7 Å². The van der Waals surface area contributed by atoms with Gasteiger partial charge in [0.2, 0.25) is 0 Å². The minimum Gasteiger partial charge on any atom is -0.493 e. The average molecular weight is 444 g/mol. The van der Waals surface area contributed by atoms with E-state index in [1.807, 2.05) is 12.1 Å². The fourth-order valence-corrected chi connectivity index (χ4v) is 3.11. The molecule has 9 heteroatoms. The molecule has 2 aromatic rings. The van der Waals surface area contributed by atoms with E-state index in [1.165, 1.54) is 0 Å². The lowest BCUT2D eigenvalue weighted by atomic mass is 9.91. The summed E-state index contributed by atoms with van der Waals surface area (Å²) in [6, 6.07) is 9.11. The summed E-state index contributed by atoms with van der Waals surface area (Å²) in [5, 5.41) is 6.20. The molecule has 1 saturated heterocycles. The Bertz CT molecular complexity index is 772. The van der Waals surface area contributed by atoms with Gasteiger partial charge in [0.05, 0.1) is 7.11 Å². The highest BCUT2D eigenvalue weighted by Crippen LogP contribution is 2.32. The zero-order valence-corrected chi connectivity index (χ0v) is 18.1. The number of anilines is 1. The SMILES string of the molecule is COc1ccc(NC(=O)C2(OC)CCNCC2)cc1OCc1ccncc1.Cl.Cl. The van der Waals surface area contributed by atoms with E-state index in [9.17, 15) is 4.79 Å². The Morgan fingerprint density at radius 1 is 1.10 bits per heavy atom. The number of aromatic nitrogens is 1. The molecule has 0 radical (unpaired) electrons. The maximum absolute atomic E-state index is 12.8. The van der Waals surface area contributed by atoms with Crippen LogP contribution in [0.4, 0.5) is 5.69 Å². The molecule has 1 aromatic carbocycles. The van der Waals surface area contributed by atoms with Gasteiger partial charge in [-0.05, 0) is 55.8 Å². The average Bonchev–Trinajstić information content (AvgIpc) is 2.73. The molecule has 1 fully saturated rings. The minimum atomic E-state index is -0.802. The van der Waals surface area contributed by atoms with E-state index >= 15 is 0 Å². The highest BCUT2D eigenvalue weighted by atomic mass is 35.5. The molecule has 1 aromatic heterocycles. The summed E-state index contributed by atoms with van der Waals surface area (Å²) in [5.74, 6) is 1.02. The van der Waals surface area contributed by atoms with Crippen molar-refractivity contribution in [3.8, 4) is 11.5 Å². The number of ether oxygens (including phenoxy) is 3. The number of amides is 1. The van der Waals surface area contributed by atoms with E-state index in [1.54, 1.807) is 44.8 Å². The Hall–Kier alpha value is -2.06. The van der Waals surface area contributed by atoms with Crippen LogP contribution >= 0.6 is 24.8 Å². The molecule has 0 spiro atoms. The van der Waals surface area contributed by atoms with Crippen molar-refractivity contribution >= 4 is 36.4 Å². The van der Waals surface area contributed by atoms with Gasteiger partial charge in [0.15, 0.2) is 11.5 Å². The summed E-state index contributed by atoms with van der Waals surface area (Å²) in [4.78, 5) is 16.8. The Morgan fingerprint density at radius 2 is 1.79 bits per heavy atom. The Balaban J connectivity index is 0.00000210. The third-order valence-corrected chi connectivity index (χ3v) is 4.78. The first-order chi connectivity index (χ1) is 13.2. The summed E-state index contributed by atoms with van der Waals surface area (Å²) >= 11 is 0. The van der Waals surface area contributed by atoms with Gasteiger partial charge in [0, 0.05) is 31.3 Å². The van der Waals surface area contributed by atoms with Gasteiger partial charge in [-0.3, -0.25) is 9.78 Å². The number of hydrogen-bond donors (Lipinski definition) is 2. The van der Waals surface area contributed by atoms with Crippen LogP contribution in [0, 0.1) is 0 Å². The molecule has 1 aliphatic rings. The lowest BCUT2D eigenvalue weighted by Crippen LogP contribution is -2.51. The van der Waals surface area contributed by atoms with Crippen molar-refractivity contribution in [2.75, 3.05) is 32.6 Å². The van der Waals surface area contributed by atoms with E-state index in [2.05, 4.69) is 15.6 Å². The number of rotatable bonds is 7. The molecule has 0 saturated carbocycles. The van der Waals surface area contributed by atoms with Gasteiger partial charge in [-0.2, -0.15) is 0 Å². The fraction of sp³-hybridized carbons (Fsp3) is 0.400. The first kappa shape index (κ1) is 25.0. The third kappa shape index (κ3) is 6.21. The monoisotopic (exact) mass is 443 g/mol. The van der Waals surface area contributed by atoms with Crippen LogP contribution in [0.1, 0.15) is 18.4 Å². The standard InChI is InChI=1S/C20H25N3O4.2ClH/c1-25-17-4-3-16(13-18(17)27-14-15-5-9-21-10-6-15)23-19(24)20(26-2)7-11-22-12-8-20;;/h3-6,9-10,13,22H,7-8,11-12,14H2,1-2H3,(H,23,24);2*1H. The number of nitrogens with zero attached hydrogens (tertiary/aromatic N) is 1. The fourth-order valence-electron chi connectivity index (χ4n) is 3.11. The first-order valence-corrected chi connectivity index (χ1v) is 8.94. The Labute approximate surface area is 183 Å². The predicted octanol–water partition coefficient (Wildman–Crippen LogP) is 3.22. The largest absolute Gasteiger partial charge is 0.493 e. The number of halogens is 2. The lowest BCUT2D eigenvalue weighted by Gasteiger charge is -2.34. The molecule has 3 rings (SSSR count). The van der Waals surface area contributed by atoms with Crippen LogP contribution in [0.25, 0.3) is 0 Å². The van der Waals surface area contributed by atoms with Gasteiger partial charge in [-0.25, -0.2) is 0 Å². The number of carbonyl (C=O) groups is 1. The summed E-state index contributed by atoms with van der Waals surface area (Å²) in [5.41, 5.74) is 0.832. The van der Waals surface area contributed by atoms with Crippen LogP contribution in [0.3, 0.4) is 0 Å². The number of pyridine rings is 1. The van der Waals surface area contributed by atoms with Gasteiger partial charge in [0.1, 0.15) is 12.2 Å². The van der Waals surface area contributed by atoms with Crippen molar-refractivity contribution in [2.24, 2.45) is 0 Å². The number of carbonyl (C=O) groups excluding carboxylic acids is 1. The predicted molar refractivity (Wildman–Crippen MR) is 117 cm³/mol. The molecule has 2 heterocycles. The lowest BCUT2D eigenvalue weighted by molar-refractivity contribution is -0.140. The number of hydrogen-bond acceptors (Lipinski definition) is 6. The van der Waals surface area contributed by atoms with Crippen LogP contribution in [-0.2, 0) is 16.1 Å². The molecule has 29 heavy (non-hydrogen) atoms. The molecule has 0 atom stereocenters. The van der Waals surface area contributed by atoms with Crippen molar-refractivity contribution in [3.63, 3.8) is 0 Å². The van der Waals surface area contributed by atoms with Crippen LogP contribution in [0.2, 0.25) is 0 Å². The number of methoxy groups -OCH3 is 2. The number of nitrogens with one attached hydrogen (secondary N) is 2. The zero-order valence-electron chi connectivity index (χ0n) is 16.5.